The molecule has 1 N–H and O–H groups in total. The van der Waals surface area contributed by atoms with Crippen molar-refractivity contribution in [3.8, 4) is 17.2 Å². The van der Waals surface area contributed by atoms with E-state index in [0.717, 1.165) is 17.3 Å². The summed E-state index contributed by atoms with van der Waals surface area (Å²) in [5.74, 6) is 1.25. The van der Waals surface area contributed by atoms with Crippen LogP contribution in [0.2, 0.25) is 0 Å². The van der Waals surface area contributed by atoms with Crippen molar-refractivity contribution in [2.24, 2.45) is 0 Å². The van der Waals surface area contributed by atoms with Crippen molar-refractivity contribution in [1.82, 2.24) is 10.2 Å². The molecule has 2 aliphatic rings. The average Bonchev–Trinajstić information content (AvgIpc) is 3.30. The van der Waals surface area contributed by atoms with Crippen molar-refractivity contribution < 1.29 is 28.6 Å². The first kappa shape index (κ1) is 21.8. The Morgan fingerprint density at radius 1 is 1.16 bits per heavy atom. The van der Waals surface area contributed by atoms with Gasteiger partial charge in [-0.25, -0.2) is 4.79 Å². The van der Waals surface area contributed by atoms with Crippen LogP contribution in [0.1, 0.15) is 18.1 Å². The van der Waals surface area contributed by atoms with Crippen LogP contribution < -0.4 is 14.8 Å². The molecule has 8 nitrogen and oxygen atoms in total. The lowest BCUT2D eigenvalue weighted by Crippen LogP contribution is -2.34. The van der Waals surface area contributed by atoms with E-state index in [-0.39, 0.29) is 17.4 Å². The fraction of sp³-hybridized carbons (Fsp3) is 0.261. The number of nitrogens with zero attached hydrogens (tertiary/aromatic N) is 1. The molecule has 0 radical (unpaired) electrons. The van der Waals surface area contributed by atoms with Crippen LogP contribution in [0.15, 0.2) is 47.4 Å². The minimum absolute atomic E-state index is 0.0384. The van der Waals surface area contributed by atoms with E-state index in [4.69, 9.17) is 14.2 Å². The Bertz CT molecular complexity index is 1080. The maximum atomic E-state index is 11.7. The number of thioether (sulfide) groups is 1. The first-order valence-electron chi connectivity index (χ1n) is 10.1. The van der Waals surface area contributed by atoms with Gasteiger partial charge in [-0.1, -0.05) is 18.2 Å². The summed E-state index contributed by atoms with van der Waals surface area (Å²) in [5.41, 5.74) is 1.79. The zero-order chi connectivity index (χ0) is 22.7. The lowest BCUT2D eigenvalue weighted by atomic mass is 10.1. The summed E-state index contributed by atoms with van der Waals surface area (Å²) in [5, 5.41) is 1.85. The highest BCUT2D eigenvalue weighted by Crippen LogP contribution is 2.34. The normalized spacial score (nSPS) is 19.3. The Labute approximate surface area is 189 Å². The monoisotopic (exact) mass is 454 g/mol. The summed E-state index contributed by atoms with van der Waals surface area (Å²) in [6, 6.07) is 13.0. The fourth-order valence-electron chi connectivity index (χ4n) is 3.57. The van der Waals surface area contributed by atoms with E-state index in [1.807, 2.05) is 31.2 Å². The van der Waals surface area contributed by atoms with Gasteiger partial charge in [-0.15, -0.1) is 0 Å². The quantitative estimate of drug-likeness (QED) is 0.627. The smallest absolute Gasteiger partial charge is 0.410 e. The van der Waals surface area contributed by atoms with Crippen LogP contribution in [0.5, 0.6) is 17.2 Å². The van der Waals surface area contributed by atoms with Gasteiger partial charge in [0, 0.05) is 6.54 Å². The number of likely N-dealkylation sites (N-methyl/N-ethyl adjacent to an activating group) is 1. The van der Waals surface area contributed by atoms with E-state index in [9.17, 15) is 14.4 Å². The van der Waals surface area contributed by atoms with E-state index >= 15 is 0 Å². The van der Waals surface area contributed by atoms with Crippen molar-refractivity contribution in [2.75, 3.05) is 20.3 Å². The highest BCUT2D eigenvalue weighted by molar-refractivity contribution is 8.18. The Morgan fingerprint density at radius 2 is 1.94 bits per heavy atom. The molecule has 1 unspecified atom stereocenters. The van der Waals surface area contributed by atoms with Crippen LogP contribution in [-0.2, 0) is 16.0 Å². The van der Waals surface area contributed by atoms with E-state index in [0.29, 0.717) is 47.3 Å². The third-order valence-electron chi connectivity index (χ3n) is 5.17. The number of hydrogen-bond donors (Lipinski definition) is 1. The highest BCUT2D eigenvalue weighted by atomic mass is 32.2. The first-order valence-corrected chi connectivity index (χ1v) is 10.9. The molecule has 9 heteroatoms. The minimum Gasteiger partial charge on any atom is -0.493 e. The number of carbonyl (C=O) groups excluding carboxylic acids is 3. The number of nitrogens with one attached hydrogen (secondary N) is 1. The molecule has 0 bridgehead atoms. The van der Waals surface area contributed by atoms with Gasteiger partial charge < -0.3 is 19.1 Å². The van der Waals surface area contributed by atoms with E-state index in [1.165, 1.54) is 7.11 Å². The fourth-order valence-corrected chi connectivity index (χ4v) is 4.25. The summed E-state index contributed by atoms with van der Waals surface area (Å²) < 4.78 is 16.5. The molecule has 0 saturated carbocycles. The predicted molar refractivity (Wildman–Crippen MR) is 120 cm³/mol. The van der Waals surface area contributed by atoms with Crippen LogP contribution in [0.25, 0.3) is 6.08 Å². The van der Waals surface area contributed by atoms with E-state index in [2.05, 4.69) is 5.32 Å². The van der Waals surface area contributed by atoms with Gasteiger partial charge in [0.15, 0.2) is 11.5 Å². The summed E-state index contributed by atoms with van der Waals surface area (Å²) in [6.45, 7) is 2.96. The molecule has 32 heavy (non-hydrogen) atoms. The predicted octanol–water partition coefficient (Wildman–Crippen LogP) is 4.19. The average molecular weight is 455 g/mol. The number of ether oxygens (including phenoxy) is 3. The van der Waals surface area contributed by atoms with Gasteiger partial charge in [0.2, 0.25) is 0 Å². The molecule has 0 aromatic heterocycles. The number of rotatable bonds is 7. The number of amides is 3. The number of hydrogen-bond acceptors (Lipinski definition) is 7. The number of cyclic esters (lactones) is 1. The Hall–Kier alpha value is -3.46. The van der Waals surface area contributed by atoms with Crippen molar-refractivity contribution in [3.05, 3.63) is 58.5 Å². The molecular formula is C23H22N2O6S. The lowest BCUT2D eigenvalue weighted by Gasteiger charge is -2.19. The van der Waals surface area contributed by atoms with Gasteiger partial charge in [-0.05, 0) is 66.6 Å². The first-order chi connectivity index (χ1) is 15.5. The van der Waals surface area contributed by atoms with Crippen molar-refractivity contribution in [1.29, 1.82) is 0 Å². The minimum atomic E-state index is -0.407. The maximum Gasteiger partial charge on any atom is 0.410 e. The molecule has 2 aromatic rings. The summed E-state index contributed by atoms with van der Waals surface area (Å²) in [4.78, 5) is 36.8. The van der Waals surface area contributed by atoms with E-state index in [1.54, 1.807) is 29.2 Å². The zero-order valence-electron chi connectivity index (χ0n) is 17.6. The lowest BCUT2D eigenvalue weighted by molar-refractivity contribution is -0.115. The molecule has 2 aromatic carbocycles. The van der Waals surface area contributed by atoms with Gasteiger partial charge in [-0.2, -0.15) is 0 Å². The topological polar surface area (TPSA) is 94.2 Å². The van der Waals surface area contributed by atoms with Crippen molar-refractivity contribution in [3.63, 3.8) is 0 Å². The molecule has 0 aliphatic carbocycles. The standard InChI is InChI=1S/C23H22N2O6S/c1-3-25-16(13-30-23(25)28)10-14-4-7-17(8-5-14)31-18-9-6-15(11-19(18)29-2)12-20-21(26)24-22(27)32-20/h4-9,11-12,16H,3,10,13H2,1-2H3,(H,24,26,27)/b20-12+. The summed E-state index contributed by atoms with van der Waals surface area (Å²) >= 11 is 0.863. The van der Waals surface area contributed by atoms with E-state index < -0.39 is 5.91 Å². The Balaban J connectivity index is 1.44. The molecule has 3 amide bonds. The molecule has 2 fully saturated rings. The molecule has 1 atom stereocenters. The highest BCUT2D eigenvalue weighted by Gasteiger charge is 2.31. The van der Waals surface area contributed by atoms with Gasteiger partial charge in [0.25, 0.3) is 11.1 Å². The number of imide groups is 1. The molecule has 4 rings (SSSR count). The number of benzene rings is 2. The molecular weight excluding hydrogens is 432 g/mol. The second kappa shape index (κ2) is 9.35. The van der Waals surface area contributed by atoms with Gasteiger partial charge in [-0.3, -0.25) is 14.9 Å². The second-order valence-corrected chi connectivity index (χ2v) is 8.24. The van der Waals surface area contributed by atoms with Crippen LogP contribution >= 0.6 is 11.8 Å². The summed E-state index contributed by atoms with van der Waals surface area (Å²) in [7, 11) is 1.53. The Morgan fingerprint density at radius 3 is 2.59 bits per heavy atom. The molecule has 2 aliphatic heterocycles. The zero-order valence-corrected chi connectivity index (χ0v) is 18.4. The van der Waals surface area contributed by atoms with Gasteiger partial charge >= 0.3 is 6.09 Å². The maximum absolute atomic E-state index is 11.7. The number of carbonyl (C=O) groups is 3. The van der Waals surface area contributed by atoms with Crippen LogP contribution in [0, 0.1) is 0 Å². The largest absolute Gasteiger partial charge is 0.493 e. The van der Waals surface area contributed by atoms with Crippen molar-refractivity contribution >= 4 is 35.1 Å². The Kier molecular flexibility index (Phi) is 6.36. The molecule has 166 valence electrons. The third-order valence-corrected chi connectivity index (χ3v) is 5.98. The van der Waals surface area contributed by atoms with Gasteiger partial charge in [0.1, 0.15) is 12.4 Å². The SMILES string of the molecule is CCN1C(=O)OCC1Cc1ccc(Oc2ccc(/C=C3/SC(=O)NC3=O)cc2OC)cc1. The molecule has 0 spiro atoms. The number of methoxy groups -OCH3 is 1. The summed E-state index contributed by atoms with van der Waals surface area (Å²) in [6.07, 6.45) is 2.08. The van der Waals surface area contributed by atoms with Crippen LogP contribution in [-0.4, -0.2) is 48.4 Å². The molecule has 2 saturated heterocycles. The third kappa shape index (κ3) is 4.72. The second-order valence-electron chi connectivity index (χ2n) is 7.23. The van der Waals surface area contributed by atoms with Crippen LogP contribution in [0.4, 0.5) is 9.59 Å². The van der Waals surface area contributed by atoms with Crippen molar-refractivity contribution in [2.45, 2.75) is 19.4 Å². The molecule has 2 heterocycles. The van der Waals surface area contributed by atoms with Gasteiger partial charge in [0.05, 0.1) is 18.1 Å². The van der Waals surface area contributed by atoms with Crippen LogP contribution in [0.3, 0.4) is 0 Å².